The number of rotatable bonds is 5. The van der Waals surface area contributed by atoms with Gasteiger partial charge in [-0.05, 0) is 29.3 Å². The standard InChI is InChI=1S/C21H15BrN2OS/c22-18-13-7-12-17(14-18)20-23-24-21(25-20)26-19(15-8-3-1-4-9-15)16-10-5-2-6-11-16/h1-14,19H. The van der Waals surface area contributed by atoms with Gasteiger partial charge >= 0.3 is 0 Å². The third-order valence-corrected chi connectivity index (χ3v) is 5.54. The molecule has 0 unspecified atom stereocenters. The first-order valence-electron chi connectivity index (χ1n) is 8.15. The van der Waals surface area contributed by atoms with Crippen molar-refractivity contribution in [2.75, 3.05) is 0 Å². The molecular weight excluding hydrogens is 408 g/mol. The summed E-state index contributed by atoms with van der Waals surface area (Å²) >= 11 is 5.04. The van der Waals surface area contributed by atoms with Gasteiger partial charge in [-0.25, -0.2) is 0 Å². The number of hydrogen-bond donors (Lipinski definition) is 0. The number of hydrogen-bond acceptors (Lipinski definition) is 4. The Hall–Kier alpha value is -2.37. The second kappa shape index (κ2) is 7.89. The SMILES string of the molecule is Brc1cccc(-c2nnc(SC(c3ccccc3)c3ccccc3)o2)c1. The highest BCUT2D eigenvalue weighted by Gasteiger charge is 2.19. The second-order valence-corrected chi connectivity index (χ2v) is 7.67. The third kappa shape index (κ3) is 3.89. The van der Waals surface area contributed by atoms with Crippen LogP contribution in [0.25, 0.3) is 11.5 Å². The molecule has 0 aliphatic carbocycles. The Morgan fingerprint density at radius 3 is 2.04 bits per heavy atom. The smallest absolute Gasteiger partial charge is 0.277 e. The highest BCUT2D eigenvalue weighted by atomic mass is 79.9. The van der Waals surface area contributed by atoms with Gasteiger partial charge in [0, 0.05) is 10.0 Å². The molecule has 0 saturated carbocycles. The maximum Gasteiger partial charge on any atom is 0.277 e. The molecule has 0 spiro atoms. The van der Waals surface area contributed by atoms with Crippen molar-refractivity contribution >= 4 is 27.7 Å². The second-order valence-electron chi connectivity index (χ2n) is 5.70. The van der Waals surface area contributed by atoms with E-state index in [2.05, 4.69) is 50.4 Å². The molecule has 1 aromatic heterocycles. The molecular formula is C21H15BrN2OS. The van der Waals surface area contributed by atoms with Crippen LogP contribution in [0.2, 0.25) is 0 Å². The number of halogens is 1. The van der Waals surface area contributed by atoms with Gasteiger partial charge in [0.25, 0.3) is 5.22 Å². The van der Waals surface area contributed by atoms with Gasteiger partial charge in [-0.2, -0.15) is 0 Å². The number of benzene rings is 3. The Morgan fingerprint density at radius 2 is 1.42 bits per heavy atom. The lowest BCUT2D eigenvalue weighted by atomic mass is 10.0. The lowest BCUT2D eigenvalue weighted by Gasteiger charge is -2.15. The van der Waals surface area contributed by atoms with Crippen molar-refractivity contribution in [2.45, 2.75) is 10.5 Å². The molecule has 128 valence electrons. The molecule has 5 heteroatoms. The quantitative estimate of drug-likeness (QED) is 0.349. The topological polar surface area (TPSA) is 38.9 Å². The molecule has 0 amide bonds. The van der Waals surface area contributed by atoms with Crippen molar-refractivity contribution in [3.8, 4) is 11.5 Å². The molecule has 0 saturated heterocycles. The maximum atomic E-state index is 5.92. The molecule has 0 N–H and O–H groups in total. The first-order valence-corrected chi connectivity index (χ1v) is 9.83. The van der Waals surface area contributed by atoms with Gasteiger partial charge in [0.05, 0.1) is 5.25 Å². The summed E-state index contributed by atoms with van der Waals surface area (Å²) < 4.78 is 6.90. The van der Waals surface area contributed by atoms with E-state index in [9.17, 15) is 0 Å². The first-order chi connectivity index (χ1) is 12.8. The molecule has 0 radical (unpaired) electrons. The molecule has 0 fully saturated rings. The number of thioether (sulfide) groups is 1. The molecule has 0 bridgehead atoms. The van der Waals surface area contributed by atoms with Crippen molar-refractivity contribution in [3.63, 3.8) is 0 Å². The Kier molecular flexibility index (Phi) is 5.18. The summed E-state index contributed by atoms with van der Waals surface area (Å²) in [7, 11) is 0. The predicted molar refractivity (Wildman–Crippen MR) is 108 cm³/mol. The average molecular weight is 423 g/mol. The van der Waals surface area contributed by atoms with E-state index in [0.717, 1.165) is 10.0 Å². The summed E-state index contributed by atoms with van der Waals surface area (Å²) in [5.74, 6) is 0.522. The molecule has 4 aromatic rings. The Bertz CT molecular complexity index is 950. The molecule has 3 aromatic carbocycles. The van der Waals surface area contributed by atoms with Crippen molar-refractivity contribution in [1.29, 1.82) is 0 Å². The van der Waals surface area contributed by atoms with Crippen molar-refractivity contribution in [3.05, 3.63) is 101 Å². The predicted octanol–water partition coefficient (Wildman–Crippen LogP) is 6.38. The third-order valence-electron chi connectivity index (χ3n) is 3.90. The van der Waals surface area contributed by atoms with Gasteiger partial charge in [-0.1, -0.05) is 94.4 Å². The van der Waals surface area contributed by atoms with Gasteiger partial charge in [0.15, 0.2) is 0 Å². The Morgan fingerprint density at radius 1 is 0.769 bits per heavy atom. The van der Waals surface area contributed by atoms with E-state index in [0.29, 0.717) is 11.1 Å². The summed E-state index contributed by atoms with van der Waals surface area (Å²) in [5.41, 5.74) is 3.30. The first kappa shape index (κ1) is 17.1. The van der Waals surface area contributed by atoms with Crippen molar-refractivity contribution in [1.82, 2.24) is 10.2 Å². The normalized spacial score (nSPS) is 11.0. The minimum atomic E-state index is 0.0909. The molecule has 3 nitrogen and oxygen atoms in total. The van der Waals surface area contributed by atoms with E-state index in [1.807, 2.05) is 60.7 Å². The Balaban J connectivity index is 1.65. The fourth-order valence-electron chi connectivity index (χ4n) is 2.68. The Labute approximate surface area is 164 Å². The summed E-state index contributed by atoms with van der Waals surface area (Å²) in [5, 5.41) is 9.10. The highest BCUT2D eigenvalue weighted by Crippen LogP contribution is 2.40. The van der Waals surface area contributed by atoms with E-state index in [1.54, 1.807) is 11.8 Å². The fraction of sp³-hybridized carbons (Fsp3) is 0.0476. The van der Waals surface area contributed by atoms with Crippen molar-refractivity contribution in [2.24, 2.45) is 0 Å². The monoisotopic (exact) mass is 422 g/mol. The van der Waals surface area contributed by atoms with E-state index >= 15 is 0 Å². The molecule has 1 heterocycles. The zero-order valence-electron chi connectivity index (χ0n) is 13.7. The van der Waals surface area contributed by atoms with Crippen LogP contribution in [0, 0.1) is 0 Å². The van der Waals surface area contributed by atoms with Gasteiger partial charge in [0.1, 0.15) is 0 Å². The van der Waals surface area contributed by atoms with Crippen molar-refractivity contribution < 1.29 is 4.42 Å². The van der Waals surface area contributed by atoms with Gasteiger partial charge in [-0.3, -0.25) is 0 Å². The van der Waals surface area contributed by atoms with Crippen LogP contribution >= 0.6 is 27.7 Å². The molecule has 26 heavy (non-hydrogen) atoms. The largest absolute Gasteiger partial charge is 0.411 e. The molecule has 0 aliphatic heterocycles. The minimum absolute atomic E-state index is 0.0909. The zero-order valence-corrected chi connectivity index (χ0v) is 16.2. The lowest BCUT2D eigenvalue weighted by Crippen LogP contribution is -1.96. The van der Waals surface area contributed by atoms with Gasteiger partial charge in [0.2, 0.25) is 5.89 Å². The van der Waals surface area contributed by atoms with Crippen LogP contribution in [0.4, 0.5) is 0 Å². The van der Waals surface area contributed by atoms with E-state index in [4.69, 9.17) is 4.42 Å². The molecule has 0 aliphatic rings. The summed E-state index contributed by atoms with van der Waals surface area (Å²) in [6.07, 6.45) is 0. The van der Waals surface area contributed by atoms with Gasteiger partial charge < -0.3 is 4.42 Å². The summed E-state index contributed by atoms with van der Waals surface area (Å²) in [6, 6.07) is 28.6. The summed E-state index contributed by atoms with van der Waals surface area (Å²) in [6.45, 7) is 0. The number of nitrogens with zero attached hydrogens (tertiary/aromatic N) is 2. The van der Waals surface area contributed by atoms with E-state index < -0.39 is 0 Å². The van der Waals surface area contributed by atoms with Gasteiger partial charge in [-0.15, -0.1) is 10.2 Å². The van der Waals surface area contributed by atoms with Crippen LogP contribution in [0.1, 0.15) is 16.4 Å². The minimum Gasteiger partial charge on any atom is -0.411 e. The van der Waals surface area contributed by atoms with Crippen LogP contribution in [0.5, 0.6) is 0 Å². The van der Waals surface area contributed by atoms with Crippen LogP contribution in [0.3, 0.4) is 0 Å². The van der Waals surface area contributed by atoms with Crippen LogP contribution < -0.4 is 0 Å². The summed E-state index contributed by atoms with van der Waals surface area (Å²) in [4.78, 5) is 0. The van der Waals surface area contributed by atoms with Crippen LogP contribution in [-0.4, -0.2) is 10.2 Å². The zero-order chi connectivity index (χ0) is 17.8. The fourth-order valence-corrected chi connectivity index (χ4v) is 4.08. The van der Waals surface area contributed by atoms with Crippen LogP contribution in [0.15, 0.2) is 99.0 Å². The van der Waals surface area contributed by atoms with E-state index in [-0.39, 0.29) is 5.25 Å². The average Bonchev–Trinajstić information content (AvgIpc) is 3.16. The van der Waals surface area contributed by atoms with E-state index in [1.165, 1.54) is 11.1 Å². The molecule has 0 atom stereocenters. The maximum absolute atomic E-state index is 5.92. The molecule has 4 rings (SSSR count). The highest BCUT2D eigenvalue weighted by molar-refractivity contribution is 9.10. The number of aromatic nitrogens is 2. The van der Waals surface area contributed by atoms with Crippen LogP contribution in [-0.2, 0) is 0 Å². The lowest BCUT2D eigenvalue weighted by molar-refractivity contribution is 0.465.